The summed E-state index contributed by atoms with van der Waals surface area (Å²) in [6.07, 6.45) is 7.42. The number of aromatic nitrogens is 1. The predicted molar refractivity (Wildman–Crippen MR) is 136 cm³/mol. The van der Waals surface area contributed by atoms with Crippen LogP contribution in [0.25, 0.3) is 11.3 Å². The molecule has 0 N–H and O–H groups in total. The number of rotatable bonds is 5. The number of morpholine rings is 1. The van der Waals surface area contributed by atoms with Crippen LogP contribution in [-0.4, -0.2) is 43.6 Å². The second-order valence-corrected chi connectivity index (χ2v) is 11.7. The minimum Gasteiger partial charge on any atom is -0.379 e. The Balaban J connectivity index is 1.50. The summed E-state index contributed by atoms with van der Waals surface area (Å²) in [5, 5.41) is 2.20. The summed E-state index contributed by atoms with van der Waals surface area (Å²) in [6.45, 7) is 1.67. The number of thiazole rings is 1. The largest absolute Gasteiger partial charge is 0.379 e. The highest BCUT2D eigenvalue weighted by atomic mass is 32.2. The van der Waals surface area contributed by atoms with Gasteiger partial charge in [-0.25, -0.2) is 13.4 Å². The van der Waals surface area contributed by atoms with Crippen LogP contribution in [0.3, 0.4) is 0 Å². The third-order valence-corrected chi connectivity index (χ3v) is 9.42. The maximum Gasteiger partial charge on any atom is 0.243 e. The fourth-order valence-electron chi connectivity index (χ4n) is 4.83. The summed E-state index contributed by atoms with van der Waals surface area (Å²) in [5.41, 5.74) is 3.18. The SMILES string of the molecule is O=S(=O)(c1ccc(N=c2scc(-c3ccccc3)n2C2CCCCCC2)cc1)N1CCOCC1. The molecule has 2 aromatic carbocycles. The zero-order valence-corrected chi connectivity index (χ0v) is 20.9. The van der Waals surface area contributed by atoms with Crippen LogP contribution in [0.5, 0.6) is 0 Å². The van der Waals surface area contributed by atoms with Gasteiger partial charge in [0.05, 0.1) is 29.5 Å². The van der Waals surface area contributed by atoms with Crippen LogP contribution in [0.2, 0.25) is 0 Å². The van der Waals surface area contributed by atoms with E-state index in [2.05, 4.69) is 34.2 Å². The molecule has 0 bridgehead atoms. The molecule has 1 aliphatic carbocycles. The first kappa shape index (κ1) is 23.5. The van der Waals surface area contributed by atoms with Gasteiger partial charge in [-0.1, -0.05) is 56.0 Å². The minimum absolute atomic E-state index is 0.307. The summed E-state index contributed by atoms with van der Waals surface area (Å²) < 4.78 is 35.1. The zero-order chi connectivity index (χ0) is 23.4. The molecule has 8 heteroatoms. The van der Waals surface area contributed by atoms with E-state index < -0.39 is 10.0 Å². The monoisotopic (exact) mass is 497 g/mol. The first-order valence-electron chi connectivity index (χ1n) is 12.1. The molecule has 1 saturated heterocycles. The van der Waals surface area contributed by atoms with Crippen molar-refractivity contribution >= 4 is 27.0 Å². The van der Waals surface area contributed by atoms with E-state index in [9.17, 15) is 8.42 Å². The van der Waals surface area contributed by atoms with Gasteiger partial charge in [-0.3, -0.25) is 0 Å². The van der Waals surface area contributed by atoms with Crippen molar-refractivity contribution in [2.75, 3.05) is 26.3 Å². The van der Waals surface area contributed by atoms with E-state index in [-0.39, 0.29) is 0 Å². The summed E-state index contributed by atoms with van der Waals surface area (Å²) >= 11 is 1.65. The van der Waals surface area contributed by atoms with Crippen LogP contribution >= 0.6 is 11.3 Å². The molecule has 1 saturated carbocycles. The topological polar surface area (TPSA) is 63.9 Å². The molecule has 6 nitrogen and oxygen atoms in total. The van der Waals surface area contributed by atoms with Crippen molar-refractivity contribution in [1.29, 1.82) is 0 Å². The van der Waals surface area contributed by atoms with Crippen LogP contribution in [-0.2, 0) is 14.8 Å². The molecule has 5 rings (SSSR count). The summed E-state index contributed by atoms with van der Waals surface area (Å²) in [5.74, 6) is 0. The maximum absolute atomic E-state index is 12.9. The molecule has 0 spiro atoms. The van der Waals surface area contributed by atoms with Crippen LogP contribution in [0.4, 0.5) is 5.69 Å². The van der Waals surface area contributed by atoms with Crippen LogP contribution < -0.4 is 4.80 Å². The Bertz CT molecular complexity index is 1250. The minimum atomic E-state index is -3.50. The van der Waals surface area contributed by atoms with Gasteiger partial charge in [0.25, 0.3) is 0 Å². The molecule has 0 amide bonds. The van der Waals surface area contributed by atoms with E-state index in [4.69, 9.17) is 9.73 Å². The average Bonchev–Trinajstić information content (AvgIpc) is 3.10. The Morgan fingerprint density at radius 1 is 0.882 bits per heavy atom. The first-order chi connectivity index (χ1) is 16.6. The van der Waals surface area contributed by atoms with Gasteiger partial charge in [0.2, 0.25) is 10.0 Å². The molecule has 3 aromatic rings. The normalized spacial score (nSPS) is 19.2. The molecule has 0 atom stereocenters. The van der Waals surface area contributed by atoms with E-state index in [1.165, 1.54) is 54.1 Å². The quantitative estimate of drug-likeness (QED) is 0.446. The van der Waals surface area contributed by atoms with Gasteiger partial charge in [-0.15, -0.1) is 11.3 Å². The predicted octanol–water partition coefficient (Wildman–Crippen LogP) is 5.37. The standard InChI is InChI=1S/C26H31N3O3S2/c30-34(31,28-16-18-32-19-17-28)24-14-12-22(13-15-24)27-26-29(23-10-6-1-2-7-11-23)25(20-33-26)21-8-4-3-5-9-21/h3-5,8-9,12-15,20,23H,1-2,6-7,10-11,16-19H2. The van der Waals surface area contributed by atoms with Crippen molar-refractivity contribution in [1.82, 2.24) is 8.87 Å². The van der Waals surface area contributed by atoms with E-state index in [1.807, 2.05) is 18.2 Å². The Labute approximate surface area is 205 Å². The highest BCUT2D eigenvalue weighted by Crippen LogP contribution is 2.32. The van der Waals surface area contributed by atoms with Crippen molar-refractivity contribution in [3.8, 4) is 11.3 Å². The summed E-state index contributed by atoms with van der Waals surface area (Å²) in [6, 6.07) is 17.9. The van der Waals surface area contributed by atoms with Crippen molar-refractivity contribution in [3.05, 3.63) is 64.8 Å². The number of hydrogen-bond donors (Lipinski definition) is 0. The fourth-order valence-corrected chi connectivity index (χ4v) is 7.22. The number of hydrogen-bond acceptors (Lipinski definition) is 5. The molecule has 1 aliphatic heterocycles. The lowest BCUT2D eigenvalue weighted by Gasteiger charge is -2.26. The Morgan fingerprint density at radius 2 is 1.56 bits per heavy atom. The second kappa shape index (κ2) is 10.6. The van der Waals surface area contributed by atoms with Crippen LogP contribution in [0, 0.1) is 0 Å². The van der Waals surface area contributed by atoms with Crippen molar-refractivity contribution in [2.45, 2.75) is 49.5 Å². The molecule has 2 heterocycles. The number of sulfonamides is 1. The third kappa shape index (κ3) is 5.05. The van der Waals surface area contributed by atoms with E-state index in [1.54, 1.807) is 23.5 Å². The van der Waals surface area contributed by atoms with Gasteiger partial charge >= 0.3 is 0 Å². The molecule has 2 fully saturated rings. The highest BCUT2D eigenvalue weighted by molar-refractivity contribution is 7.89. The third-order valence-electron chi connectivity index (χ3n) is 6.67. The molecular weight excluding hydrogens is 466 g/mol. The lowest BCUT2D eigenvalue weighted by atomic mass is 10.1. The molecular formula is C26H31N3O3S2. The average molecular weight is 498 g/mol. The summed E-state index contributed by atoms with van der Waals surface area (Å²) in [7, 11) is -3.50. The Morgan fingerprint density at radius 3 is 2.24 bits per heavy atom. The fraction of sp³-hybridized carbons (Fsp3) is 0.423. The van der Waals surface area contributed by atoms with Crippen molar-refractivity contribution in [3.63, 3.8) is 0 Å². The smallest absolute Gasteiger partial charge is 0.243 e. The van der Waals surface area contributed by atoms with E-state index >= 15 is 0 Å². The van der Waals surface area contributed by atoms with Crippen molar-refractivity contribution < 1.29 is 13.2 Å². The van der Waals surface area contributed by atoms with Crippen LogP contribution in [0.1, 0.15) is 44.6 Å². The Hall–Kier alpha value is -2.26. The lowest BCUT2D eigenvalue weighted by Crippen LogP contribution is -2.40. The maximum atomic E-state index is 12.9. The molecule has 0 unspecified atom stereocenters. The van der Waals surface area contributed by atoms with Crippen molar-refractivity contribution in [2.24, 2.45) is 4.99 Å². The number of ether oxygens (including phenoxy) is 1. The molecule has 2 aliphatic rings. The zero-order valence-electron chi connectivity index (χ0n) is 19.3. The van der Waals surface area contributed by atoms with Crippen LogP contribution in [0.15, 0.2) is 69.9 Å². The second-order valence-electron chi connectivity index (χ2n) is 8.91. The summed E-state index contributed by atoms with van der Waals surface area (Å²) in [4.78, 5) is 6.26. The Kier molecular flexibility index (Phi) is 7.29. The molecule has 34 heavy (non-hydrogen) atoms. The van der Waals surface area contributed by atoms with Gasteiger partial charge in [0.15, 0.2) is 4.80 Å². The lowest BCUT2D eigenvalue weighted by molar-refractivity contribution is 0.0730. The first-order valence-corrected chi connectivity index (χ1v) is 14.4. The molecule has 180 valence electrons. The van der Waals surface area contributed by atoms with Gasteiger partial charge < -0.3 is 9.30 Å². The number of nitrogens with zero attached hydrogens (tertiary/aromatic N) is 3. The number of benzene rings is 2. The van der Waals surface area contributed by atoms with E-state index in [0.29, 0.717) is 37.2 Å². The molecule has 0 radical (unpaired) electrons. The van der Waals surface area contributed by atoms with Gasteiger partial charge in [-0.05, 0) is 42.7 Å². The van der Waals surface area contributed by atoms with E-state index in [0.717, 1.165) is 10.5 Å². The molecule has 1 aromatic heterocycles. The van der Waals surface area contributed by atoms with Gasteiger partial charge in [-0.2, -0.15) is 4.31 Å². The highest BCUT2D eigenvalue weighted by Gasteiger charge is 2.26. The van der Waals surface area contributed by atoms with Gasteiger partial charge in [0, 0.05) is 24.5 Å². The van der Waals surface area contributed by atoms with Gasteiger partial charge in [0.1, 0.15) is 0 Å².